The van der Waals surface area contributed by atoms with Crippen molar-refractivity contribution in [3.05, 3.63) is 86.9 Å². The van der Waals surface area contributed by atoms with E-state index in [4.69, 9.17) is 21.1 Å². The van der Waals surface area contributed by atoms with Crippen LogP contribution in [-0.4, -0.2) is 37.5 Å². The second-order valence-corrected chi connectivity index (χ2v) is 9.80. The highest BCUT2D eigenvalue weighted by molar-refractivity contribution is 6.39. The van der Waals surface area contributed by atoms with Crippen LogP contribution in [0, 0.1) is 27.7 Å². The summed E-state index contributed by atoms with van der Waals surface area (Å²) in [7, 11) is 1.39. The molecule has 0 atom stereocenters. The fourth-order valence-corrected chi connectivity index (χ4v) is 4.31. The number of carbonyl (C=O) groups excluding carboxylic acids is 4. The number of methoxy groups -OCH3 is 1. The molecule has 0 aliphatic carbocycles. The van der Waals surface area contributed by atoms with Gasteiger partial charge in [-0.1, -0.05) is 23.7 Å². The van der Waals surface area contributed by atoms with Crippen LogP contribution in [-0.2, 0) is 14.4 Å². The fraction of sp³-hybridized carbons (Fsp3) is 0.200. The smallest absolute Gasteiger partial charge is 0.335 e. The largest absolute Gasteiger partial charge is 0.493 e. The molecule has 5 amide bonds. The Morgan fingerprint density at radius 3 is 2.27 bits per heavy atom. The lowest BCUT2D eigenvalue weighted by atomic mass is 10.0. The molecule has 1 saturated heterocycles. The molecule has 0 spiro atoms. The quantitative estimate of drug-likeness (QED) is 0.300. The molecule has 0 radical (unpaired) electrons. The number of nitrogens with zero attached hydrogens (tertiary/aromatic N) is 1. The van der Waals surface area contributed by atoms with Gasteiger partial charge in [-0.15, -0.1) is 0 Å². The number of carbonyl (C=O) groups is 4. The molecule has 1 heterocycles. The third kappa shape index (κ3) is 6.00. The number of nitrogens with one attached hydrogen (secondary N) is 2. The Bertz CT molecular complexity index is 1580. The second-order valence-electron chi connectivity index (χ2n) is 9.40. The first kappa shape index (κ1) is 28.4. The van der Waals surface area contributed by atoms with Gasteiger partial charge in [0.25, 0.3) is 17.7 Å². The van der Waals surface area contributed by atoms with Crippen LogP contribution in [0.2, 0.25) is 5.02 Å². The number of hydrogen-bond acceptors (Lipinski definition) is 6. The van der Waals surface area contributed by atoms with E-state index in [1.54, 1.807) is 24.3 Å². The lowest BCUT2D eigenvalue weighted by Crippen LogP contribution is -2.54. The maximum atomic E-state index is 13.3. The molecule has 1 aliphatic rings. The zero-order chi connectivity index (χ0) is 29.1. The van der Waals surface area contributed by atoms with Crippen molar-refractivity contribution in [3.8, 4) is 11.5 Å². The van der Waals surface area contributed by atoms with Crippen LogP contribution in [0.25, 0.3) is 6.08 Å². The van der Waals surface area contributed by atoms with E-state index in [2.05, 4.69) is 10.6 Å². The standard InChI is InChI=1S/C30H28ClN3O6/c1-16-6-8-21(10-18(16)3)32-26(35)15-40-27-24(31)13-20(14-25(27)39-5)12-23-28(36)33-30(38)34(29(23)37)22-9-7-17(2)19(4)11-22/h6-14H,15H2,1-5H3,(H,32,35)(H,33,36,38)/b23-12-. The number of barbiturate groups is 1. The Balaban J connectivity index is 1.56. The molecule has 0 aromatic heterocycles. The van der Waals surface area contributed by atoms with Gasteiger partial charge in [-0.2, -0.15) is 0 Å². The normalized spacial score (nSPS) is 14.3. The lowest BCUT2D eigenvalue weighted by molar-refractivity contribution is -0.122. The Hall–Kier alpha value is -4.63. The van der Waals surface area contributed by atoms with Crippen molar-refractivity contribution < 1.29 is 28.7 Å². The van der Waals surface area contributed by atoms with E-state index in [-0.39, 0.29) is 28.7 Å². The van der Waals surface area contributed by atoms with E-state index in [9.17, 15) is 19.2 Å². The summed E-state index contributed by atoms with van der Waals surface area (Å²) in [4.78, 5) is 51.8. The van der Waals surface area contributed by atoms with Crippen molar-refractivity contribution >= 4 is 52.8 Å². The van der Waals surface area contributed by atoms with Crippen molar-refractivity contribution in [3.63, 3.8) is 0 Å². The van der Waals surface area contributed by atoms with Crippen LogP contribution in [0.3, 0.4) is 0 Å². The number of ether oxygens (including phenoxy) is 2. The van der Waals surface area contributed by atoms with Gasteiger partial charge >= 0.3 is 6.03 Å². The van der Waals surface area contributed by atoms with Gasteiger partial charge in [-0.3, -0.25) is 19.7 Å². The van der Waals surface area contributed by atoms with E-state index in [1.807, 2.05) is 39.8 Å². The van der Waals surface area contributed by atoms with Crippen molar-refractivity contribution in [2.45, 2.75) is 27.7 Å². The first-order valence-electron chi connectivity index (χ1n) is 12.3. The predicted molar refractivity (Wildman–Crippen MR) is 153 cm³/mol. The number of imide groups is 2. The van der Waals surface area contributed by atoms with E-state index in [0.717, 1.165) is 27.2 Å². The summed E-state index contributed by atoms with van der Waals surface area (Å²) in [5, 5.41) is 5.06. The average molecular weight is 562 g/mol. The number of hydrogen-bond donors (Lipinski definition) is 2. The molecule has 0 bridgehead atoms. The summed E-state index contributed by atoms with van der Waals surface area (Å²) < 4.78 is 11.1. The third-order valence-corrected chi connectivity index (χ3v) is 6.83. The number of benzene rings is 3. The highest BCUT2D eigenvalue weighted by atomic mass is 35.5. The number of urea groups is 1. The molecule has 206 valence electrons. The van der Waals surface area contributed by atoms with Crippen LogP contribution in [0.15, 0.2) is 54.1 Å². The van der Waals surface area contributed by atoms with Gasteiger partial charge in [0.15, 0.2) is 18.1 Å². The molecule has 3 aromatic rings. The third-order valence-electron chi connectivity index (χ3n) is 6.55. The molecular weight excluding hydrogens is 534 g/mol. The van der Waals surface area contributed by atoms with Crippen molar-refractivity contribution in [1.29, 1.82) is 0 Å². The molecule has 3 aromatic carbocycles. The molecule has 4 rings (SSSR count). The summed E-state index contributed by atoms with van der Waals surface area (Å²) in [6.45, 7) is 7.37. The Morgan fingerprint density at radius 1 is 0.950 bits per heavy atom. The zero-order valence-electron chi connectivity index (χ0n) is 22.7. The first-order chi connectivity index (χ1) is 19.0. The van der Waals surface area contributed by atoms with Crippen molar-refractivity contribution in [2.75, 3.05) is 23.9 Å². The lowest BCUT2D eigenvalue weighted by Gasteiger charge is -2.27. The minimum Gasteiger partial charge on any atom is -0.493 e. The summed E-state index contributed by atoms with van der Waals surface area (Å²) in [5.41, 5.74) is 5.09. The Kier molecular flexibility index (Phi) is 8.25. The molecule has 9 nitrogen and oxygen atoms in total. The Labute approximate surface area is 236 Å². The maximum Gasteiger partial charge on any atom is 0.335 e. The zero-order valence-corrected chi connectivity index (χ0v) is 23.4. The number of amides is 5. The minimum atomic E-state index is -0.839. The highest BCUT2D eigenvalue weighted by Crippen LogP contribution is 2.37. The van der Waals surface area contributed by atoms with Crippen molar-refractivity contribution in [1.82, 2.24) is 5.32 Å². The van der Waals surface area contributed by atoms with Gasteiger partial charge in [0.2, 0.25) is 0 Å². The van der Waals surface area contributed by atoms with Crippen LogP contribution in [0.1, 0.15) is 27.8 Å². The van der Waals surface area contributed by atoms with Crippen LogP contribution >= 0.6 is 11.6 Å². The van der Waals surface area contributed by atoms with Gasteiger partial charge in [0, 0.05) is 5.69 Å². The average Bonchev–Trinajstić information content (AvgIpc) is 2.89. The summed E-state index contributed by atoms with van der Waals surface area (Å²) >= 11 is 6.45. The van der Waals surface area contributed by atoms with Crippen LogP contribution in [0.4, 0.5) is 16.2 Å². The van der Waals surface area contributed by atoms with Gasteiger partial charge in [-0.05, 0) is 98.0 Å². The SMILES string of the molecule is COc1cc(/C=C2/C(=O)NC(=O)N(c3ccc(C)c(C)c3)C2=O)cc(Cl)c1OCC(=O)Nc1ccc(C)c(C)c1. The molecule has 0 unspecified atom stereocenters. The molecule has 40 heavy (non-hydrogen) atoms. The van der Waals surface area contributed by atoms with Gasteiger partial charge in [-0.25, -0.2) is 9.69 Å². The molecule has 1 aliphatic heterocycles. The second kappa shape index (κ2) is 11.6. The van der Waals surface area contributed by atoms with Gasteiger partial charge in [0.1, 0.15) is 5.57 Å². The molecule has 0 saturated carbocycles. The predicted octanol–water partition coefficient (Wildman–Crippen LogP) is 5.27. The topological polar surface area (TPSA) is 114 Å². The van der Waals surface area contributed by atoms with Crippen molar-refractivity contribution in [2.24, 2.45) is 0 Å². The van der Waals surface area contributed by atoms with E-state index in [1.165, 1.54) is 25.3 Å². The van der Waals surface area contributed by atoms with Crippen LogP contribution < -0.4 is 25.0 Å². The maximum absolute atomic E-state index is 13.3. The molecule has 2 N–H and O–H groups in total. The minimum absolute atomic E-state index is 0.0935. The number of anilines is 2. The van der Waals surface area contributed by atoms with Gasteiger partial charge in [0.05, 0.1) is 17.8 Å². The highest BCUT2D eigenvalue weighted by Gasteiger charge is 2.37. The number of aryl methyl sites for hydroxylation is 4. The summed E-state index contributed by atoms with van der Waals surface area (Å²) in [6.07, 6.45) is 1.31. The number of rotatable bonds is 7. The summed E-state index contributed by atoms with van der Waals surface area (Å²) in [5.74, 6) is -1.71. The monoisotopic (exact) mass is 561 g/mol. The van der Waals surface area contributed by atoms with Crippen LogP contribution in [0.5, 0.6) is 11.5 Å². The molecular formula is C30H28ClN3O6. The molecule has 10 heteroatoms. The van der Waals surface area contributed by atoms with Gasteiger partial charge < -0.3 is 14.8 Å². The molecule has 1 fully saturated rings. The first-order valence-corrected chi connectivity index (χ1v) is 12.7. The fourth-order valence-electron chi connectivity index (χ4n) is 4.04. The Morgan fingerprint density at radius 2 is 1.62 bits per heavy atom. The van der Waals surface area contributed by atoms with E-state index < -0.39 is 23.8 Å². The van der Waals surface area contributed by atoms with E-state index in [0.29, 0.717) is 16.9 Å². The summed E-state index contributed by atoms with van der Waals surface area (Å²) in [6, 6.07) is 12.8. The number of halogens is 1. The van der Waals surface area contributed by atoms with E-state index >= 15 is 0 Å².